The number of amides is 3. The van der Waals surface area contributed by atoms with E-state index in [9.17, 15) is 18.8 Å². The number of benzene rings is 1. The number of nitrogens with zero attached hydrogens (tertiary/aromatic N) is 3. The summed E-state index contributed by atoms with van der Waals surface area (Å²) in [6, 6.07) is 4.66. The lowest BCUT2D eigenvalue weighted by Gasteiger charge is -2.28. The maximum atomic E-state index is 14.9. The molecular weight excluding hydrogens is 411 g/mol. The van der Waals surface area contributed by atoms with Crippen molar-refractivity contribution in [2.24, 2.45) is 4.99 Å². The molecule has 4 rings (SSSR count). The van der Waals surface area contributed by atoms with Crippen LogP contribution in [-0.2, 0) is 14.3 Å². The van der Waals surface area contributed by atoms with E-state index in [-0.39, 0.29) is 24.9 Å². The van der Waals surface area contributed by atoms with E-state index in [0.717, 1.165) is 18.5 Å². The van der Waals surface area contributed by atoms with Gasteiger partial charge in [-0.05, 0) is 30.2 Å². The number of carbonyl (C=O) groups is 3. The molecule has 158 valence electrons. The monoisotopic (exact) mass is 432 g/mol. The van der Waals surface area contributed by atoms with Crippen LogP contribution in [0, 0.1) is 5.82 Å². The molecule has 8 nitrogen and oxygen atoms in total. The molecule has 3 aliphatic rings. The van der Waals surface area contributed by atoms with Crippen molar-refractivity contribution in [3.8, 4) is 0 Å². The number of amidine groups is 1. The Kier molecular flexibility index (Phi) is 5.76. The summed E-state index contributed by atoms with van der Waals surface area (Å²) in [6.07, 6.45) is 1.67. The van der Waals surface area contributed by atoms with Crippen LogP contribution in [0.5, 0.6) is 0 Å². The molecule has 30 heavy (non-hydrogen) atoms. The lowest BCUT2D eigenvalue weighted by molar-refractivity contribution is -0.119. The van der Waals surface area contributed by atoms with Crippen LogP contribution in [0.2, 0.25) is 0 Å². The van der Waals surface area contributed by atoms with E-state index in [2.05, 4.69) is 10.3 Å². The average molecular weight is 432 g/mol. The summed E-state index contributed by atoms with van der Waals surface area (Å²) in [6.45, 7) is 3.04. The number of rotatable bonds is 4. The number of thioether (sulfide) groups is 1. The van der Waals surface area contributed by atoms with Crippen LogP contribution in [0.3, 0.4) is 0 Å². The van der Waals surface area contributed by atoms with Gasteiger partial charge in [0.15, 0.2) is 5.17 Å². The van der Waals surface area contributed by atoms with Gasteiger partial charge in [0.25, 0.3) is 5.91 Å². The van der Waals surface area contributed by atoms with E-state index in [0.29, 0.717) is 28.7 Å². The van der Waals surface area contributed by atoms with Crippen molar-refractivity contribution in [2.75, 3.05) is 36.8 Å². The van der Waals surface area contributed by atoms with Crippen LogP contribution >= 0.6 is 11.8 Å². The highest BCUT2D eigenvalue weighted by atomic mass is 32.2. The zero-order chi connectivity index (χ0) is 21.3. The third kappa shape index (κ3) is 4.33. The number of nitrogens with one attached hydrogen (secondary N) is 1. The molecule has 1 fully saturated rings. The smallest absolute Gasteiger partial charge is 0.414 e. The Morgan fingerprint density at radius 3 is 2.93 bits per heavy atom. The number of aliphatic imine (C=N–C) groups is 1. The third-order valence-electron chi connectivity index (χ3n) is 5.03. The van der Waals surface area contributed by atoms with Gasteiger partial charge in [0, 0.05) is 25.6 Å². The first-order chi connectivity index (χ1) is 14.4. The Balaban J connectivity index is 1.46. The lowest BCUT2D eigenvalue weighted by Crippen LogP contribution is -2.33. The molecule has 1 aromatic carbocycles. The molecule has 0 saturated carbocycles. The zero-order valence-corrected chi connectivity index (χ0v) is 17.2. The first-order valence-corrected chi connectivity index (χ1v) is 10.6. The molecule has 0 spiro atoms. The highest BCUT2D eigenvalue weighted by molar-refractivity contribution is 8.14. The number of ether oxygens (including phenoxy) is 1. The normalized spacial score (nSPS) is 21.5. The Hall–Kier alpha value is -2.88. The van der Waals surface area contributed by atoms with Crippen molar-refractivity contribution in [3.63, 3.8) is 0 Å². The highest BCUT2D eigenvalue weighted by Gasteiger charge is 2.33. The molecule has 1 saturated heterocycles. The van der Waals surface area contributed by atoms with Gasteiger partial charge in [0.2, 0.25) is 5.91 Å². The summed E-state index contributed by atoms with van der Waals surface area (Å²) in [4.78, 5) is 42.0. The molecule has 0 aromatic heterocycles. The molecule has 1 atom stereocenters. The van der Waals surface area contributed by atoms with Gasteiger partial charge in [-0.3, -0.25) is 14.5 Å². The molecule has 3 aliphatic heterocycles. The number of hydrogen-bond donors (Lipinski definition) is 1. The van der Waals surface area contributed by atoms with Gasteiger partial charge in [-0.15, -0.1) is 0 Å². The average Bonchev–Trinajstić information content (AvgIpc) is 3.32. The fourth-order valence-electron chi connectivity index (χ4n) is 3.59. The molecule has 0 aliphatic carbocycles. The number of hydrogen-bond acceptors (Lipinski definition) is 6. The van der Waals surface area contributed by atoms with Crippen LogP contribution < -0.4 is 10.2 Å². The number of anilines is 1. The predicted molar refractivity (Wildman–Crippen MR) is 112 cm³/mol. The van der Waals surface area contributed by atoms with Gasteiger partial charge in [0.05, 0.1) is 24.5 Å². The second-order valence-corrected chi connectivity index (χ2v) is 8.18. The molecular formula is C20H21FN4O4S. The molecule has 10 heteroatoms. The minimum absolute atomic E-state index is 0.143. The van der Waals surface area contributed by atoms with Gasteiger partial charge in [-0.2, -0.15) is 4.99 Å². The van der Waals surface area contributed by atoms with E-state index in [1.807, 2.05) is 11.0 Å². The maximum absolute atomic E-state index is 14.9. The minimum atomic E-state index is -0.568. The SMILES string of the molecule is CC(=O)NC[C@H]1CN(c2ccc(C3=CCCN(C4=NC(=O)CS4)C3)c(F)c2)C(=O)O1. The van der Waals surface area contributed by atoms with Gasteiger partial charge < -0.3 is 15.0 Å². The number of cyclic esters (lactones) is 1. The standard InChI is InChI=1S/C20H21FN4O4S/c1-12(26)22-8-15-10-25(20(28)29-15)14-4-5-16(17(21)7-14)13-3-2-6-24(9-13)19-23-18(27)11-30-19/h3-5,7,15H,2,6,8-11H2,1H3,(H,22,26)/t15-/m0/s1. The quantitative estimate of drug-likeness (QED) is 0.783. The summed E-state index contributed by atoms with van der Waals surface area (Å²) in [5.74, 6) is -0.434. The third-order valence-corrected chi connectivity index (χ3v) is 6.03. The fraction of sp³-hybridized carbons (Fsp3) is 0.400. The van der Waals surface area contributed by atoms with E-state index in [1.165, 1.54) is 29.7 Å². The highest BCUT2D eigenvalue weighted by Crippen LogP contribution is 2.30. The molecule has 3 amide bonds. The molecule has 3 heterocycles. The summed E-state index contributed by atoms with van der Waals surface area (Å²) < 4.78 is 20.2. The minimum Gasteiger partial charge on any atom is -0.442 e. The number of carbonyl (C=O) groups excluding carboxylic acids is 3. The Labute approximate surface area is 177 Å². The zero-order valence-electron chi connectivity index (χ0n) is 16.4. The van der Waals surface area contributed by atoms with Crippen molar-refractivity contribution < 1.29 is 23.5 Å². The van der Waals surface area contributed by atoms with Gasteiger partial charge in [0.1, 0.15) is 11.9 Å². The van der Waals surface area contributed by atoms with Crippen molar-refractivity contribution in [2.45, 2.75) is 19.4 Å². The summed E-state index contributed by atoms with van der Waals surface area (Å²) >= 11 is 1.40. The Morgan fingerprint density at radius 1 is 1.40 bits per heavy atom. The van der Waals surface area contributed by atoms with E-state index >= 15 is 0 Å². The molecule has 1 aromatic rings. The topological polar surface area (TPSA) is 91.3 Å². The van der Waals surface area contributed by atoms with E-state index in [4.69, 9.17) is 4.74 Å². The molecule has 1 N–H and O–H groups in total. The van der Waals surface area contributed by atoms with Crippen LogP contribution in [0.1, 0.15) is 18.9 Å². The van der Waals surface area contributed by atoms with E-state index in [1.54, 1.807) is 12.1 Å². The van der Waals surface area contributed by atoms with Crippen molar-refractivity contribution >= 4 is 46.1 Å². The lowest BCUT2D eigenvalue weighted by atomic mass is 10.0. The first kappa shape index (κ1) is 20.4. The summed E-state index contributed by atoms with van der Waals surface area (Å²) in [5.41, 5.74) is 1.68. The second-order valence-electron chi connectivity index (χ2n) is 7.23. The van der Waals surface area contributed by atoms with Crippen LogP contribution in [0.4, 0.5) is 14.9 Å². The van der Waals surface area contributed by atoms with Gasteiger partial charge in [-0.1, -0.05) is 17.8 Å². The Morgan fingerprint density at radius 2 is 2.23 bits per heavy atom. The number of halogens is 1. The van der Waals surface area contributed by atoms with Crippen LogP contribution in [0.15, 0.2) is 29.3 Å². The first-order valence-electron chi connectivity index (χ1n) is 9.61. The van der Waals surface area contributed by atoms with E-state index < -0.39 is 18.0 Å². The maximum Gasteiger partial charge on any atom is 0.414 e. The fourth-order valence-corrected chi connectivity index (χ4v) is 4.41. The molecule has 0 bridgehead atoms. The van der Waals surface area contributed by atoms with Crippen molar-refractivity contribution in [1.82, 2.24) is 10.2 Å². The summed E-state index contributed by atoms with van der Waals surface area (Å²) in [5, 5.41) is 3.30. The Bertz CT molecular complexity index is 964. The molecule has 0 unspecified atom stereocenters. The van der Waals surface area contributed by atoms with Gasteiger partial charge >= 0.3 is 6.09 Å². The van der Waals surface area contributed by atoms with Gasteiger partial charge in [-0.25, -0.2) is 9.18 Å². The van der Waals surface area contributed by atoms with Crippen molar-refractivity contribution in [1.29, 1.82) is 0 Å². The summed E-state index contributed by atoms with van der Waals surface area (Å²) in [7, 11) is 0. The van der Waals surface area contributed by atoms with Crippen molar-refractivity contribution in [3.05, 3.63) is 35.7 Å². The van der Waals surface area contributed by atoms with Crippen LogP contribution in [0.25, 0.3) is 5.57 Å². The second kappa shape index (κ2) is 8.47. The predicted octanol–water partition coefficient (Wildman–Crippen LogP) is 2.01. The molecule has 0 radical (unpaired) electrons. The largest absolute Gasteiger partial charge is 0.442 e. The van der Waals surface area contributed by atoms with Crippen LogP contribution in [-0.4, -0.2) is 66.0 Å².